The molecule has 5 nitrogen and oxygen atoms in total. The van der Waals surface area contributed by atoms with Gasteiger partial charge in [0.1, 0.15) is 0 Å². The quantitative estimate of drug-likeness (QED) is 0.669. The zero-order valence-electron chi connectivity index (χ0n) is 12.9. The Hall–Kier alpha value is -1.10. The molecule has 5 heteroatoms. The van der Waals surface area contributed by atoms with Crippen LogP contribution in [0.25, 0.3) is 0 Å². The molecule has 0 spiro atoms. The summed E-state index contributed by atoms with van der Waals surface area (Å²) in [5.74, 6) is -0.179. The Labute approximate surface area is 120 Å². The fraction of sp³-hybridized carbons (Fsp3) is 0.867. The molecule has 0 aromatic heterocycles. The molecule has 3 rings (SSSR count). The second-order valence-electron chi connectivity index (χ2n) is 7.27. The van der Waals surface area contributed by atoms with Crippen molar-refractivity contribution in [2.24, 2.45) is 10.8 Å². The lowest BCUT2D eigenvalue weighted by molar-refractivity contribution is -0.174. The van der Waals surface area contributed by atoms with E-state index in [9.17, 15) is 9.59 Å². The van der Waals surface area contributed by atoms with Crippen LogP contribution in [0.15, 0.2) is 0 Å². The minimum atomic E-state index is -0.936. The van der Waals surface area contributed by atoms with Gasteiger partial charge in [0.25, 0.3) is 5.91 Å². The van der Waals surface area contributed by atoms with Crippen LogP contribution in [0.2, 0.25) is 0 Å². The highest BCUT2D eigenvalue weighted by atomic mass is 16.6. The summed E-state index contributed by atoms with van der Waals surface area (Å²) in [5, 5.41) is 0. The summed E-state index contributed by atoms with van der Waals surface area (Å²) in [6.45, 7) is 9.18. The molecule has 0 aromatic carbocycles. The Morgan fingerprint density at radius 2 is 1.70 bits per heavy atom. The molecule has 2 bridgehead atoms. The molecular formula is C15H24N2O3. The highest BCUT2D eigenvalue weighted by Crippen LogP contribution is 2.65. The zero-order valence-corrected chi connectivity index (χ0v) is 12.9. The fourth-order valence-electron chi connectivity index (χ4n) is 3.99. The Kier molecular flexibility index (Phi) is 2.75. The summed E-state index contributed by atoms with van der Waals surface area (Å²) in [6.07, 6.45) is 1.41. The minimum Gasteiger partial charge on any atom is -0.448 e. The van der Waals surface area contributed by atoms with E-state index in [0.29, 0.717) is 6.42 Å². The standard InChI is InChI=1S/C15H24N2O3/c1-13(2)14(3)5-6-15(13,20-12(14)19)11(18)17-9-7-16(4)8-10-17/h5-10H2,1-4H3. The number of hydrogen-bond donors (Lipinski definition) is 0. The first kappa shape index (κ1) is 13.9. The number of hydrogen-bond acceptors (Lipinski definition) is 4. The maximum absolute atomic E-state index is 13.0. The van der Waals surface area contributed by atoms with Gasteiger partial charge < -0.3 is 14.5 Å². The van der Waals surface area contributed by atoms with Gasteiger partial charge in [-0.15, -0.1) is 0 Å². The monoisotopic (exact) mass is 280 g/mol. The van der Waals surface area contributed by atoms with Gasteiger partial charge in [-0.1, -0.05) is 13.8 Å². The molecule has 2 atom stereocenters. The third kappa shape index (κ3) is 1.42. The van der Waals surface area contributed by atoms with E-state index < -0.39 is 16.4 Å². The first-order chi connectivity index (χ1) is 9.24. The summed E-state index contributed by atoms with van der Waals surface area (Å²) in [6, 6.07) is 0. The number of esters is 1. The van der Waals surface area contributed by atoms with Crippen LogP contribution in [0.3, 0.4) is 0 Å². The molecule has 2 saturated heterocycles. The average Bonchev–Trinajstić information content (AvgIpc) is 2.69. The van der Waals surface area contributed by atoms with E-state index in [1.807, 2.05) is 25.7 Å². The summed E-state index contributed by atoms with van der Waals surface area (Å²) < 4.78 is 5.66. The zero-order chi connectivity index (χ0) is 14.8. The van der Waals surface area contributed by atoms with E-state index in [2.05, 4.69) is 11.9 Å². The molecule has 1 saturated carbocycles. The van der Waals surface area contributed by atoms with Crippen molar-refractivity contribution < 1.29 is 14.3 Å². The van der Waals surface area contributed by atoms with Crippen LogP contribution in [0.1, 0.15) is 33.6 Å². The average molecular weight is 280 g/mol. The van der Waals surface area contributed by atoms with Gasteiger partial charge >= 0.3 is 5.97 Å². The number of likely N-dealkylation sites (N-methyl/N-ethyl adjacent to an activating group) is 1. The largest absolute Gasteiger partial charge is 0.448 e. The second-order valence-corrected chi connectivity index (χ2v) is 7.27. The van der Waals surface area contributed by atoms with Gasteiger partial charge in [-0.25, -0.2) is 0 Å². The number of rotatable bonds is 1. The lowest BCUT2D eigenvalue weighted by atomic mass is 9.66. The van der Waals surface area contributed by atoms with Crippen LogP contribution in [-0.4, -0.2) is 60.5 Å². The summed E-state index contributed by atoms with van der Waals surface area (Å²) in [5.41, 5.74) is -1.89. The third-order valence-corrected chi connectivity index (χ3v) is 6.22. The molecule has 0 radical (unpaired) electrons. The van der Waals surface area contributed by atoms with Gasteiger partial charge in [0, 0.05) is 31.6 Å². The summed E-state index contributed by atoms with van der Waals surface area (Å²) in [7, 11) is 2.06. The first-order valence-corrected chi connectivity index (χ1v) is 7.46. The van der Waals surface area contributed by atoms with Crippen molar-refractivity contribution in [3.8, 4) is 0 Å². The van der Waals surface area contributed by atoms with Gasteiger partial charge in [0.15, 0.2) is 5.60 Å². The van der Waals surface area contributed by atoms with E-state index >= 15 is 0 Å². The molecule has 3 aliphatic rings. The van der Waals surface area contributed by atoms with Crippen molar-refractivity contribution in [1.82, 2.24) is 9.80 Å². The van der Waals surface area contributed by atoms with Crippen LogP contribution in [-0.2, 0) is 14.3 Å². The van der Waals surface area contributed by atoms with Crippen LogP contribution >= 0.6 is 0 Å². The van der Waals surface area contributed by atoms with Crippen molar-refractivity contribution in [3.05, 3.63) is 0 Å². The van der Waals surface area contributed by atoms with Gasteiger partial charge in [-0.05, 0) is 26.8 Å². The molecule has 20 heavy (non-hydrogen) atoms. The first-order valence-electron chi connectivity index (χ1n) is 7.46. The smallest absolute Gasteiger partial charge is 0.313 e. The van der Waals surface area contributed by atoms with E-state index in [1.54, 1.807) is 0 Å². The maximum Gasteiger partial charge on any atom is 0.313 e. The van der Waals surface area contributed by atoms with E-state index in [1.165, 1.54) is 0 Å². The number of fused-ring (bicyclic) bond motifs is 2. The molecule has 1 aliphatic carbocycles. The van der Waals surface area contributed by atoms with Crippen LogP contribution < -0.4 is 0 Å². The van der Waals surface area contributed by atoms with Gasteiger partial charge in [-0.3, -0.25) is 9.59 Å². The van der Waals surface area contributed by atoms with Crippen molar-refractivity contribution in [2.75, 3.05) is 33.2 Å². The van der Waals surface area contributed by atoms with E-state index in [0.717, 1.165) is 32.6 Å². The Morgan fingerprint density at radius 3 is 2.15 bits per heavy atom. The topological polar surface area (TPSA) is 49.9 Å². The van der Waals surface area contributed by atoms with Crippen molar-refractivity contribution >= 4 is 11.9 Å². The normalized spacial score (nSPS) is 40.0. The predicted molar refractivity (Wildman–Crippen MR) is 74.0 cm³/mol. The molecule has 2 heterocycles. The Bertz CT molecular complexity index is 468. The highest BCUT2D eigenvalue weighted by Gasteiger charge is 2.76. The molecule has 3 fully saturated rings. The lowest BCUT2D eigenvalue weighted by Gasteiger charge is -2.41. The van der Waals surface area contributed by atoms with Crippen LogP contribution in [0, 0.1) is 10.8 Å². The Morgan fingerprint density at radius 1 is 1.10 bits per heavy atom. The number of ether oxygens (including phenoxy) is 1. The molecule has 2 unspecified atom stereocenters. The maximum atomic E-state index is 13.0. The van der Waals surface area contributed by atoms with Crippen molar-refractivity contribution in [2.45, 2.75) is 39.2 Å². The van der Waals surface area contributed by atoms with E-state index in [4.69, 9.17) is 4.74 Å². The number of carbonyl (C=O) groups is 2. The molecule has 1 amide bonds. The van der Waals surface area contributed by atoms with Gasteiger partial charge in [-0.2, -0.15) is 0 Å². The van der Waals surface area contributed by atoms with E-state index in [-0.39, 0.29) is 11.9 Å². The molecule has 2 aliphatic heterocycles. The number of piperazine rings is 1. The number of carbonyl (C=O) groups excluding carboxylic acids is 2. The number of amides is 1. The molecule has 0 N–H and O–H groups in total. The van der Waals surface area contributed by atoms with Crippen molar-refractivity contribution in [1.29, 1.82) is 0 Å². The lowest BCUT2D eigenvalue weighted by Crippen LogP contribution is -2.58. The third-order valence-electron chi connectivity index (χ3n) is 6.22. The summed E-state index contributed by atoms with van der Waals surface area (Å²) >= 11 is 0. The summed E-state index contributed by atoms with van der Waals surface area (Å²) in [4.78, 5) is 29.3. The van der Waals surface area contributed by atoms with Crippen molar-refractivity contribution in [3.63, 3.8) is 0 Å². The van der Waals surface area contributed by atoms with Gasteiger partial charge in [0.05, 0.1) is 5.41 Å². The molecule has 0 aromatic rings. The molecule has 112 valence electrons. The minimum absolute atomic E-state index is 0.0187. The van der Waals surface area contributed by atoms with Crippen LogP contribution in [0.5, 0.6) is 0 Å². The van der Waals surface area contributed by atoms with Crippen LogP contribution in [0.4, 0.5) is 0 Å². The predicted octanol–water partition coefficient (Wildman–Crippen LogP) is 0.882. The SMILES string of the molecule is CN1CCN(C(=O)C23CCC(C)(C(=O)O2)C3(C)C)CC1. The Balaban J connectivity index is 1.90. The second kappa shape index (κ2) is 3.97. The number of nitrogens with zero attached hydrogens (tertiary/aromatic N) is 2. The highest BCUT2D eigenvalue weighted by molar-refractivity contribution is 5.96. The molecular weight excluding hydrogens is 256 g/mol. The fourth-order valence-corrected chi connectivity index (χ4v) is 3.99. The van der Waals surface area contributed by atoms with Gasteiger partial charge in [0.2, 0.25) is 0 Å².